The van der Waals surface area contributed by atoms with Gasteiger partial charge in [0.2, 0.25) is 0 Å². The molecule has 0 aliphatic carbocycles. The van der Waals surface area contributed by atoms with E-state index in [2.05, 4.69) is 4.89 Å². The number of benzene rings is 1. The minimum absolute atomic E-state index is 0.257. The molecule has 2 rings (SSSR count). The number of ether oxygens (including phenoxy) is 1. The van der Waals surface area contributed by atoms with E-state index in [-0.39, 0.29) is 6.61 Å². The molecule has 1 atom stereocenters. The Morgan fingerprint density at radius 2 is 2.12 bits per heavy atom. The molecule has 0 saturated heterocycles. The molecule has 5 nitrogen and oxygen atoms in total. The molecule has 0 radical (unpaired) electrons. The van der Waals surface area contributed by atoms with E-state index in [0.29, 0.717) is 5.57 Å². The lowest BCUT2D eigenvalue weighted by Crippen LogP contribution is -2.19. The summed E-state index contributed by atoms with van der Waals surface area (Å²) >= 11 is 0. The molecule has 0 saturated carbocycles. The third kappa shape index (κ3) is 2.32. The van der Waals surface area contributed by atoms with Gasteiger partial charge in [0.15, 0.2) is 6.10 Å². The maximum atomic E-state index is 10.8. The maximum Gasteiger partial charge on any atom is 0.405 e. The van der Waals surface area contributed by atoms with Gasteiger partial charge in [-0.2, -0.15) is 4.89 Å². The normalized spacial score (nSPS) is 16.1. The fourth-order valence-electron chi connectivity index (χ4n) is 1.47. The van der Waals surface area contributed by atoms with Gasteiger partial charge >= 0.3 is 6.09 Å². The van der Waals surface area contributed by atoms with Crippen molar-refractivity contribution in [3.63, 3.8) is 0 Å². The van der Waals surface area contributed by atoms with Crippen molar-refractivity contribution in [1.82, 2.24) is 0 Å². The molecule has 1 amide bonds. The van der Waals surface area contributed by atoms with Crippen molar-refractivity contribution in [3.8, 4) is 0 Å². The largest absolute Gasteiger partial charge is 0.437 e. The topological polar surface area (TPSA) is 70.8 Å². The summed E-state index contributed by atoms with van der Waals surface area (Å²) in [6.45, 7) is 0.257. The second-order valence-electron chi connectivity index (χ2n) is 3.28. The fraction of sp³-hybridized carbons (Fsp3) is 0.182. The number of rotatable bonds is 3. The van der Waals surface area contributed by atoms with Crippen LogP contribution in [-0.4, -0.2) is 12.7 Å². The summed E-state index contributed by atoms with van der Waals surface area (Å²) < 4.78 is 5.03. The number of amides is 1. The predicted octanol–water partition coefficient (Wildman–Crippen LogP) is 1.67. The molecular weight excluding hydrogens is 210 g/mol. The first-order chi connectivity index (χ1) is 7.77. The molecule has 1 aliphatic rings. The van der Waals surface area contributed by atoms with Crippen molar-refractivity contribution in [1.29, 1.82) is 0 Å². The van der Waals surface area contributed by atoms with Gasteiger partial charge in [0.1, 0.15) is 12.9 Å². The Bertz CT molecular complexity index is 402. The van der Waals surface area contributed by atoms with Gasteiger partial charge in [0, 0.05) is 5.57 Å². The number of carbonyl (C=O) groups is 1. The van der Waals surface area contributed by atoms with Crippen LogP contribution in [0.2, 0.25) is 0 Å². The van der Waals surface area contributed by atoms with E-state index >= 15 is 0 Å². The van der Waals surface area contributed by atoms with Gasteiger partial charge < -0.3 is 15.4 Å². The molecular formula is C11H11NO4. The van der Waals surface area contributed by atoms with Crippen LogP contribution in [-0.2, 0) is 14.5 Å². The quantitative estimate of drug-likeness (QED) is 0.788. The number of primary amides is 1. The van der Waals surface area contributed by atoms with Crippen molar-refractivity contribution in [3.05, 3.63) is 47.7 Å². The predicted molar refractivity (Wildman–Crippen MR) is 55.0 cm³/mol. The van der Waals surface area contributed by atoms with Crippen molar-refractivity contribution in [2.75, 3.05) is 6.61 Å². The van der Waals surface area contributed by atoms with Crippen LogP contribution in [0.5, 0.6) is 0 Å². The first-order valence-electron chi connectivity index (χ1n) is 4.75. The molecule has 2 N–H and O–H groups in total. The molecule has 5 heteroatoms. The minimum atomic E-state index is -0.832. The summed E-state index contributed by atoms with van der Waals surface area (Å²) in [6.07, 6.45) is 0.0310. The number of hydrogen-bond donors (Lipinski definition) is 1. The molecule has 16 heavy (non-hydrogen) atoms. The molecule has 1 aromatic carbocycles. The highest BCUT2D eigenvalue weighted by Gasteiger charge is 2.24. The molecule has 84 valence electrons. The van der Waals surface area contributed by atoms with Crippen molar-refractivity contribution in [2.45, 2.75) is 6.10 Å². The van der Waals surface area contributed by atoms with E-state index in [1.807, 2.05) is 30.3 Å². The van der Waals surface area contributed by atoms with Gasteiger partial charge in [-0.15, -0.1) is 0 Å². The van der Waals surface area contributed by atoms with E-state index in [9.17, 15) is 4.79 Å². The summed E-state index contributed by atoms with van der Waals surface area (Å²) in [4.78, 5) is 20.2. The molecule has 1 unspecified atom stereocenters. The highest BCUT2D eigenvalue weighted by atomic mass is 17.2. The van der Waals surface area contributed by atoms with E-state index in [1.165, 1.54) is 6.26 Å². The Morgan fingerprint density at radius 3 is 2.69 bits per heavy atom. The van der Waals surface area contributed by atoms with Crippen LogP contribution in [0.3, 0.4) is 0 Å². The monoisotopic (exact) mass is 221 g/mol. The van der Waals surface area contributed by atoms with Crippen LogP contribution >= 0.6 is 0 Å². The van der Waals surface area contributed by atoms with Gasteiger partial charge in [-0.3, -0.25) is 0 Å². The maximum absolute atomic E-state index is 10.8. The first-order valence-corrected chi connectivity index (χ1v) is 4.75. The van der Waals surface area contributed by atoms with E-state index in [0.717, 1.165) is 5.56 Å². The van der Waals surface area contributed by atoms with Gasteiger partial charge in [0.05, 0.1) is 0 Å². The Kier molecular flexibility index (Phi) is 3.07. The average Bonchev–Trinajstić information content (AvgIpc) is 2.80. The summed E-state index contributed by atoms with van der Waals surface area (Å²) in [7, 11) is 0. The molecule has 0 spiro atoms. The summed E-state index contributed by atoms with van der Waals surface area (Å²) in [5, 5.41) is 0. The molecule has 1 aliphatic heterocycles. The molecule has 0 fully saturated rings. The Morgan fingerprint density at radius 1 is 1.38 bits per heavy atom. The van der Waals surface area contributed by atoms with Crippen molar-refractivity contribution in [2.24, 2.45) is 5.73 Å². The lowest BCUT2D eigenvalue weighted by molar-refractivity contribution is -0.222. The van der Waals surface area contributed by atoms with Crippen LogP contribution in [0, 0.1) is 0 Å². The van der Waals surface area contributed by atoms with E-state index in [1.54, 1.807) is 0 Å². The Balaban J connectivity index is 2.24. The van der Waals surface area contributed by atoms with Gasteiger partial charge in [-0.05, 0) is 5.56 Å². The SMILES string of the molecule is NC(=O)OC(C1=COOC1)c1ccccc1. The van der Waals surface area contributed by atoms with Crippen molar-refractivity contribution >= 4 is 6.09 Å². The van der Waals surface area contributed by atoms with Gasteiger partial charge in [-0.25, -0.2) is 4.79 Å². The van der Waals surface area contributed by atoms with Crippen LogP contribution in [0.15, 0.2) is 42.2 Å². The highest BCUT2D eigenvalue weighted by Crippen LogP contribution is 2.28. The molecule has 0 bridgehead atoms. The summed E-state index contributed by atoms with van der Waals surface area (Å²) in [5.74, 6) is 0. The standard InChI is InChI=1S/C11H11NO4/c12-11(13)16-10(9-6-14-15-7-9)8-4-2-1-3-5-8/h1-6,10H,7H2,(H2,12,13). The molecule has 0 aromatic heterocycles. The smallest absolute Gasteiger partial charge is 0.405 e. The highest BCUT2D eigenvalue weighted by molar-refractivity contribution is 5.65. The molecule has 1 aromatic rings. The Labute approximate surface area is 92.3 Å². The zero-order valence-corrected chi connectivity index (χ0v) is 8.46. The van der Waals surface area contributed by atoms with Crippen LogP contribution in [0.4, 0.5) is 4.79 Å². The van der Waals surface area contributed by atoms with Crippen LogP contribution in [0.25, 0.3) is 0 Å². The van der Waals surface area contributed by atoms with E-state index in [4.69, 9.17) is 15.4 Å². The second kappa shape index (κ2) is 4.67. The third-order valence-corrected chi connectivity index (χ3v) is 2.17. The summed E-state index contributed by atoms with van der Waals surface area (Å²) in [6, 6.07) is 9.26. The lowest BCUT2D eigenvalue weighted by Gasteiger charge is -2.16. The Hall–Kier alpha value is -2.01. The second-order valence-corrected chi connectivity index (χ2v) is 3.28. The average molecular weight is 221 g/mol. The zero-order valence-electron chi connectivity index (χ0n) is 8.46. The van der Waals surface area contributed by atoms with Crippen LogP contribution < -0.4 is 5.73 Å². The van der Waals surface area contributed by atoms with E-state index < -0.39 is 12.2 Å². The lowest BCUT2D eigenvalue weighted by atomic mass is 10.0. The first kappa shape index (κ1) is 10.5. The third-order valence-electron chi connectivity index (χ3n) is 2.17. The van der Waals surface area contributed by atoms with Gasteiger partial charge in [-0.1, -0.05) is 30.3 Å². The number of hydrogen-bond acceptors (Lipinski definition) is 4. The van der Waals surface area contributed by atoms with Crippen LogP contribution in [0.1, 0.15) is 11.7 Å². The van der Waals surface area contributed by atoms with Gasteiger partial charge in [0.25, 0.3) is 0 Å². The van der Waals surface area contributed by atoms with Crippen molar-refractivity contribution < 1.29 is 19.3 Å². The minimum Gasteiger partial charge on any atom is -0.437 e. The number of nitrogens with two attached hydrogens (primary N) is 1. The zero-order chi connectivity index (χ0) is 11.4. The fourth-order valence-corrected chi connectivity index (χ4v) is 1.47. The molecule has 1 heterocycles. The summed E-state index contributed by atoms with van der Waals surface area (Å²) in [5.41, 5.74) is 6.56. The number of carbonyl (C=O) groups excluding carboxylic acids is 1.